The molecule has 4 heteroatoms. The molecule has 0 aliphatic carbocycles. The van der Waals surface area contributed by atoms with Crippen molar-refractivity contribution >= 4 is 17.2 Å². The summed E-state index contributed by atoms with van der Waals surface area (Å²) in [6.45, 7) is 2.28. The van der Waals surface area contributed by atoms with E-state index in [1.54, 1.807) is 19.3 Å². The predicted molar refractivity (Wildman–Crippen MR) is 55.6 cm³/mol. The monoisotopic (exact) mass is 191 g/mol. The Kier molecular flexibility index (Phi) is 2.11. The molecule has 1 aliphatic rings. The second-order valence-corrected chi connectivity index (χ2v) is 3.51. The molecule has 0 saturated carbocycles. The van der Waals surface area contributed by atoms with Gasteiger partial charge in [-0.2, -0.15) is 0 Å². The average Bonchev–Trinajstić information content (AvgIpc) is 2.18. The first kappa shape index (κ1) is 8.99. The van der Waals surface area contributed by atoms with Gasteiger partial charge in [-0.05, 0) is 13.0 Å². The second kappa shape index (κ2) is 3.29. The van der Waals surface area contributed by atoms with Crippen molar-refractivity contribution in [3.05, 3.63) is 18.5 Å². The molecule has 1 N–H and O–H groups in total. The van der Waals surface area contributed by atoms with Crippen LogP contribution in [0, 0.1) is 0 Å². The van der Waals surface area contributed by atoms with Crippen molar-refractivity contribution in [3.8, 4) is 0 Å². The zero-order chi connectivity index (χ0) is 10.1. The highest BCUT2D eigenvalue weighted by molar-refractivity contribution is 5.88. The van der Waals surface area contributed by atoms with Crippen molar-refractivity contribution in [1.29, 1.82) is 0 Å². The Labute approximate surface area is 82.9 Å². The molecule has 2 heterocycles. The van der Waals surface area contributed by atoms with Gasteiger partial charge >= 0.3 is 0 Å². The molecule has 4 nitrogen and oxygen atoms in total. The van der Waals surface area contributed by atoms with Crippen molar-refractivity contribution in [1.82, 2.24) is 4.98 Å². The summed E-state index contributed by atoms with van der Waals surface area (Å²) in [7, 11) is 1.92. The van der Waals surface area contributed by atoms with Gasteiger partial charge in [-0.1, -0.05) is 0 Å². The quantitative estimate of drug-likeness (QED) is 0.716. The van der Waals surface area contributed by atoms with Gasteiger partial charge in [0.15, 0.2) is 5.78 Å². The number of pyridine rings is 1. The van der Waals surface area contributed by atoms with Gasteiger partial charge in [0.05, 0.1) is 17.6 Å². The largest absolute Gasteiger partial charge is 0.381 e. The van der Waals surface area contributed by atoms with Crippen LogP contribution in [0.3, 0.4) is 0 Å². The fourth-order valence-corrected chi connectivity index (χ4v) is 1.74. The summed E-state index contributed by atoms with van der Waals surface area (Å²) >= 11 is 0. The number of Topliss-reactive ketones (excluding diaryl/α,β-unsaturated/α-hetero) is 1. The zero-order valence-corrected chi connectivity index (χ0v) is 8.32. The number of nitrogens with one attached hydrogen (secondary N) is 1. The summed E-state index contributed by atoms with van der Waals surface area (Å²) in [5.41, 5.74) is 2.03. The molecular formula is C10H13N3O. The Morgan fingerprint density at radius 3 is 3.21 bits per heavy atom. The van der Waals surface area contributed by atoms with Gasteiger partial charge in [0, 0.05) is 19.8 Å². The van der Waals surface area contributed by atoms with Gasteiger partial charge in [0.1, 0.15) is 6.04 Å². The van der Waals surface area contributed by atoms with E-state index in [1.807, 2.05) is 18.0 Å². The third kappa shape index (κ3) is 1.32. The van der Waals surface area contributed by atoms with E-state index in [-0.39, 0.29) is 11.8 Å². The molecule has 1 aliphatic heterocycles. The molecule has 14 heavy (non-hydrogen) atoms. The van der Waals surface area contributed by atoms with Crippen molar-refractivity contribution in [2.24, 2.45) is 0 Å². The smallest absolute Gasteiger partial charge is 0.153 e. The topological polar surface area (TPSA) is 45.2 Å². The normalized spacial score (nSPS) is 19.9. The number of hydrogen-bond donors (Lipinski definition) is 1. The minimum Gasteiger partial charge on any atom is -0.381 e. The lowest BCUT2D eigenvalue weighted by atomic mass is 10.1. The van der Waals surface area contributed by atoms with Crippen LogP contribution < -0.4 is 10.2 Å². The van der Waals surface area contributed by atoms with E-state index >= 15 is 0 Å². The van der Waals surface area contributed by atoms with Gasteiger partial charge in [-0.3, -0.25) is 9.78 Å². The molecule has 0 bridgehead atoms. The van der Waals surface area contributed by atoms with Crippen LogP contribution in [0.2, 0.25) is 0 Å². The van der Waals surface area contributed by atoms with E-state index in [0.717, 1.165) is 11.4 Å². The van der Waals surface area contributed by atoms with E-state index in [2.05, 4.69) is 10.3 Å². The Balaban J connectivity index is 2.36. The number of aromatic nitrogens is 1. The van der Waals surface area contributed by atoms with Crippen LogP contribution >= 0.6 is 0 Å². The van der Waals surface area contributed by atoms with Gasteiger partial charge in [-0.25, -0.2) is 0 Å². The minimum absolute atomic E-state index is 0.0771. The van der Waals surface area contributed by atoms with E-state index in [0.29, 0.717) is 6.54 Å². The standard InChI is InChI=1S/C10H13N3O/c1-7(14)9-6-12-8-3-4-11-5-10(8)13(9)2/h3-5,9,12H,6H2,1-2H3. The number of carbonyl (C=O) groups excluding carboxylic acids is 1. The maximum Gasteiger partial charge on any atom is 0.153 e. The SMILES string of the molecule is CC(=O)C1CNc2ccncc2N1C. The molecule has 0 saturated heterocycles. The first-order chi connectivity index (χ1) is 6.70. The molecule has 0 fully saturated rings. The van der Waals surface area contributed by atoms with E-state index in [1.165, 1.54) is 0 Å². The summed E-state index contributed by atoms with van der Waals surface area (Å²) in [6.07, 6.45) is 3.52. The Hall–Kier alpha value is -1.58. The molecule has 0 radical (unpaired) electrons. The lowest BCUT2D eigenvalue weighted by Crippen LogP contribution is -2.46. The number of ketones is 1. The van der Waals surface area contributed by atoms with Crippen LogP contribution in [0.15, 0.2) is 18.5 Å². The minimum atomic E-state index is -0.0771. The summed E-state index contributed by atoms with van der Waals surface area (Å²) in [4.78, 5) is 17.3. The molecule has 0 spiro atoms. The van der Waals surface area contributed by atoms with Crippen LogP contribution in [-0.2, 0) is 4.79 Å². The molecule has 0 amide bonds. The highest BCUT2D eigenvalue weighted by Gasteiger charge is 2.25. The van der Waals surface area contributed by atoms with Gasteiger partial charge in [0.25, 0.3) is 0 Å². The number of nitrogens with zero attached hydrogens (tertiary/aromatic N) is 2. The number of likely N-dealkylation sites (N-methyl/N-ethyl adjacent to an activating group) is 1. The van der Waals surface area contributed by atoms with Crippen LogP contribution in [0.25, 0.3) is 0 Å². The lowest BCUT2D eigenvalue weighted by Gasteiger charge is -2.34. The van der Waals surface area contributed by atoms with E-state index in [9.17, 15) is 4.79 Å². The molecule has 2 rings (SSSR count). The molecule has 1 aromatic heterocycles. The maximum atomic E-state index is 11.3. The summed E-state index contributed by atoms with van der Waals surface area (Å²) in [6, 6.07) is 1.84. The number of rotatable bonds is 1. The van der Waals surface area contributed by atoms with Crippen molar-refractivity contribution < 1.29 is 4.79 Å². The average molecular weight is 191 g/mol. The Morgan fingerprint density at radius 1 is 1.71 bits per heavy atom. The highest BCUT2D eigenvalue weighted by atomic mass is 16.1. The zero-order valence-electron chi connectivity index (χ0n) is 8.32. The molecule has 1 atom stereocenters. The third-order valence-corrected chi connectivity index (χ3v) is 2.60. The Bertz CT molecular complexity index is 364. The lowest BCUT2D eigenvalue weighted by molar-refractivity contribution is -0.118. The Morgan fingerprint density at radius 2 is 2.50 bits per heavy atom. The second-order valence-electron chi connectivity index (χ2n) is 3.51. The van der Waals surface area contributed by atoms with Crippen molar-refractivity contribution in [3.63, 3.8) is 0 Å². The van der Waals surface area contributed by atoms with Gasteiger partial charge in [-0.15, -0.1) is 0 Å². The number of carbonyl (C=O) groups is 1. The number of hydrogen-bond acceptors (Lipinski definition) is 4. The van der Waals surface area contributed by atoms with Crippen LogP contribution in [-0.4, -0.2) is 30.4 Å². The maximum absolute atomic E-state index is 11.3. The third-order valence-electron chi connectivity index (χ3n) is 2.60. The fraction of sp³-hybridized carbons (Fsp3) is 0.400. The molecule has 1 unspecified atom stereocenters. The van der Waals surface area contributed by atoms with E-state index < -0.39 is 0 Å². The predicted octanol–water partition coefficient (Wildman–Crippen LogP) is 0.901. The number of fused-ring (bicyclic) bond motifs is 1. The van der Waals surface area contributed by atoms with Crippen molar-refractivity contribution in [2.75, 3.05) is 23.8 Å². The van der Waals surface area contributed by atoms with Crippen LogP contribution in [0.1, 0.15) is 6.92 Å². The fourth-order valence-electron chi connectivity index (χ4n) is 1.74. The highest BCUT2D eigenvalue weighted by Crippen LogP contribution is 2.28. The van der Waals surface area contributed by atoms with Gasteiger partial charge in [0.2, 0.25) is 0 Å². The first-order valence-corrected chi connectivity index (χ1v) is 4.61. The summed E-state index contributed by atoms with van der Waals surface area (Å²) in [5.74, 6) is 0.175. The van der Waals surface area contributed by atoms with Crippen molar-refractivity contribution in [2.45, 2.75) is 13.0 Å². The molecule has 1 aromatic rings. The van der Waals surface area contributed by atoms with Gasteiger partial charge < -0.3 is 10.2 Å². The van der Waals surface area contributed by atoms with Crippen LogP contribution in [0.4, 0.5) is 11.4 Å². The molecule has 74 valence electrons. The first-order valence-electron chi connectivity index (χ1n) is 4.61. The van der Waals surface area contributed by atoms with Crippen LogP contribution in [0.5, 0.6) is 0 Å². The molecular weight excluding hydrogens is 178 g/mol. The summed E-state index contributed by atoms with van der Waals surface area (Å²) < 4.78 is 0. The molecule has 0 aromatic carbocycles. The summed E-state index contributed by atoms with van der Waals surface area (Å²) in [5, 5.41) is 3.22. The number of anilines is 2. The van der Waals surface area contributed by atoms with E-state index in [4.69, 9.17) is 0 Å².